The number of halogens is 1. The van der Waals surface area contributed by atoms with Crippen LogP contribution in [0.2, 0.25) is 0 Å². The zero-order chi connectivity index (χ0) is 31.5. The summed E-state index contributed by atoms with van der Waals surface area (Å²) < 4.78 is 37.3. The number of fused-ring (bicyclic) bond motifs is 5. The van der Waals surface area contributed by atoms with Gasteiger partial charge in [-0.3, -0.25) is 14.4 Å². The number of amides is 3. The molecule has 1 fully saturated rings. The van der Waals surface area contributed by atoms with Crippen molar-refractivity contribution in [3.63, 3.8) is 0 Å². The molecule has 232 valence electrons. The van der Waals surface area contributed by atoms with Crippen LogP contribution >= 0.6 is 0 Å². The molecule has 3 aromatic carbocycles. The number of hydrogen-bond acceptors (Lipinski definition) is 8. The number of aryl methyl sites for hydroxylation is 1. The molecule has 4 aromatic rings. The minimum atomic E-state index is -0.679. The number of likely N-dealkylation sites (tertiary alicyclic amines) is 1. The molecule has 2 atom stereocenters. The van der Waals surface area contributed by atoms with Crippen LogP contribution in [-0.4, -0.2) is 66.7 Å². The molecule has 6 rings (SSSR count). The second kappa shape index (κ2) is 12.7. The van der Waals surface area contributed by atoms with Gasteiger partial charge in [0.15, 0.2) is 18.1 Å². The van der Waals surface area contributed by atoms with Gasteiger partial charge in [-0.1, -0.05) is 35.5 Å². The Kier molecular flexibility index (Phi) is 8.37. The Morgan fingerprint density at radius 1 is 1.07 bits per heavy atom. The molecule has 0 aliphatic carbocycles. The highest BCUT2D eigenvalue weighted by Gasteiger charge is 2.37. The first-order valence-corrected chi connectivity index (χ1v) is 14.4. The Balaban J connectivity index is 1.33. The Labute approximate surface area is 258 Å². The minimum absolute atomic E-state index is 0.0441. The topological polar surface area (TPSA) is 132 Å². The molecule has 11 nitrogen and oxygen atoms in total. The van der Waals surface area contributed by atoms with Gasteiger partial charge in [0.1, 0.15) is 34.7 Å². The van der Waals surface area contributed by atoms with Gasteiger partial charge in [0.05, 0.1) is 13.2 Å². The van der Waals surface area contributed by atoms with Crippen molar-refractivity contribution in [3.05, 3.63) is 95.0 Å². The molecular formula is C33H31FN4O7. The maximum atomic E-state index is 14.6. The molecule has 4 bridgehead atoms. The van der Waals surface area contributed by atoms with Crippen LogP contribution < -0.4 is 24.8 Å². The molecule has 2 aliphatic heterocycles. The number of rotatable bonds is 3. The fraction of sp³-hybridized carbons (Fsp3) is 0.273. The van der Waals surface area contributed by atoms with Gasteiger partial charge in [-0.05, 0) is 42.8 Å². The average molecular weight is 615 g/mol. The number of ether oxygens (including phenoxy) is 3. The Hall–Kier alpha value is -5.39. The van der Waals surface area contributed by atoms with Crippen LogP contribution in [-0.2, 0) is 11.3 Å². The van der Waals surface area contributed by atoms with Crippen molar-refractivity contribution >= 4 is 17.7 Å². The minimum Gasteiger partial charge on any atom is -0.493 e. The van der Waals surface area contributed by atoms with E-state index in [4.69, 9.17) is 18.7 Å². The smallest absolute Gasteiger partial charge is 0.259 e. The number of carbonyl (C=O) groups excluding carboxylic acids is 3. The monoisotopic (exact) mass is 614 g/mol. The summed E-state index contributed by atoms with van der Waals surface area (Å²) in [5.41, 5.74) is 2.24. The first-order valence-electron chi connectivity index (χ1n) is 14.4. The van der Waals surface area contributed by atoms with Gasteiger partial charge >= 0.3 is 0 Å². The maximum Gasteiger partial charge on any atom is 0.259 e. The lowest BCUT2D eigenvalue weighted by Crippen LogP contribution is -2.58. The summed E-state index contributed by atoms with van der Waals surface area (Å²) in [6.07, 6.45) is -0.275. The summed E-state index contributed by atoms with van der Waals surface area (Å²) in [4.78, 5) is 41.6. The van der Waals surface area contributed by atoms with Gasteiger partial charge in [0.25, 0.3) is 17.7 Å². The third-order valence-electron chi connectivity index (χ3n) is 7.77. The Morgan fingerprint density at radius 2 is 1.89 bits per heavy atom. The Morgan fingerprint density at radius 3 is 2.69 bits per heavy atom. The largest absolute Gasteiger partial charge is 0.493 e. The normalized spacial score (nSPS) is 18.5. The summed E-state index contributed by atoms with van der Waals surface area (Å²) in [5.74, 6) is -0.590. The van der Waals surface area contributed by atoms with E-state index >= 15 is 0 Å². The number of aromatic nitrogens is 1. The second-order valence-corrected chi connectivity index (χ2v) is 10.8. The number of piperidine rings is 1. The molecule has 0 radical (unpaired) electrons. The van der Waals surface area contributed by atoms with Crippen LogP contribution in [0.5, 0.6) is 17.2 Å². The molecule has 45 heavy (non-hydrogen) atoms. The molecule has 12 heteroatoms. The summed E-state index contributed by atoms with van der Waals surface area (Å²) in [5, 5.41) is 9.85. The summed E-state index contributed by atoms with van der Waals surface area (Å²) in [6, 6.07) is 17.4. The molecule has 0 spiro atoms. The van der Waals surface area contributed by atoms with E-state index in [1.54, 1.807) is 30.0 Å². The number of nitrogens with zero attached hydrogens (tertiary/aromatic N) is 2. The maximum absolute atomic E-state index is 14.6. The number of benzene rings is 3. The summed E-state index contributed by atoms with van der Waals surface area (Å²) in [7, 11) is 1.45. The molecule has 3 amide bonds. The van der Waals surface area contributed by atoms with Gasteiger partial charge in [0.2, 0.25) is 0 Å². The van der Waals surface area contributed by atoms with Gasteiger partial charge in [-0.25, -0.2) is 4.39 Å². The zero-order valence-electron chi connectivity index (χ0n) is 24.7. The molecular weight excluding hydrogens is 583 g/mol. The van der Waals surface area contributed by atoms with E-state index in [0.29, 0.717) is 41.3 Å². The van der Waals surface area contributed by atoms with Gasteiger partial charge in [0, 0.05) is 43.2 Å². The van der Waals surface area contributed by atoms with E-state index in [-0.39, 0.29) is 42.7 Å². The van der Waals surface area contributed by atoms with Crippen LogP contribution in [0.1, 0.15) is 38.5 Å². The molecule has 3 heterocycles. The number of hydrogen-bond donors (Lipinski definition) is 2. The summed E-state index contributed by atoms with van der Waals surface area (Å²) >= 11 is 0. The Bertz CT molecular complexity index is 1740. The van der Waals surface area contributed by atoms with Crippen molar-refractivity contribution in [2.45, 2.75) is 32.0 Å². The van der Waals surface area contributed by atoms with Crippen LogP contribution in [0.25, 0.3) is 11.3 Å². The standard InChI is InChI=1S/C33H31FN4O7/c1-19-30(31(37-45-19)21-6-4-3-5-7-21)33(41)38-11-10-26-25(17-38)36-32(40)22-8-9-27(42-2)28(14-22)43-18-29(39)35-16-20-12-23(34)15-24(13-20)44-26/h3-9,12-15,25-26H,10-11,16-18H2,1-2H3,(H,35,39)(H,36,40)/t25-,26+/m0/s1. The predicted octanol–water partition coefficient (Wildman–Crippen LogP) is 3.90. The first kappa shape index (κ1) is 29.7. The van der Waals surface area contributed by atoms with E-state index < -0.39 is 29.8 Å². The molecule has 0 unspecified atom stereocenters. The highest BCUT2D eigenvalue weighted by molar-refractivity contribution is 6.01. The average Bonchev–Trinajstić information content (AvgIpc) is 3.43. The highest BCUT2D eigenvalue weighted by Crippen LogP contribution is 2.30. The lowest BCUT2D eigenvalue weighted by Gasteiger charge is -2.39. The van der Waals surface area contributed by atoms with E-state index in [1.807, 2.05) is 30.3 Å². The van der Waals surface area contributed by atoms with E-state index in [9.17, 15) is 18.8 Å². The molecule has 1 saturated heterocycles. The molecule has 2 aliphatic rings. The molecule has 1 aromatic heterocycles. The number of nitrogens with one attached hydrogen (secondary N) is 2. The molecule has 2 N–H and O–H groups in total. The van der Waals surface area contributed by atoms with E-state index in [2.05, 4.69) is 15.8 Å². The zero-order valence-corrected chi connectivity index (χ0v) is 24.7. The van der Waals surface area contributed by atoms with Gasteiger partial charge < -0.3 is 34.3 Å². The quantitative estimate of drug-likeness (QED) is 0.355. The van der Waals surface area contributed by atoms with Gasteiger partial charge in [-0.2, -0.15) is 0 Å². The predicted molar refractivity (Wildman–Crippen MR) is 160 cm³/mol. The third kappa shape index (κ3) is 6.44. The van der Waals surface area contributed by atoms with Crippen molar-refractivity contribution in [1.29, 1.82) is 0 Å². The van der Waals surface area contributed by atoms with Crippen LogP contribution in [0.3, 0.4) is 0 Å². The second-order valence-electron chi connectivity index (χ2n) is 10.8. The third-order valence-corrected chi connectivity index (χ3v) is 7.77. The lowest BCUT2D eigenvalue weighted by atomic mass is 9.98. The van der Waals surface area contributed by atoms with Gasteiger partial charge in [-0.15, -0.1) is 0 Å². The molecule has 0 saturated carbocycles. The lowest BCUT2D eigenvalue weighted by molar-refractivity contribution is -0.123. The fourth-order valence-electron chi connectivity index (χ4n) is 5.51. The number of methoxy groups -OCH3 is 1. The first-order chi connectivity index (χ1) is 21.8. The van der Waals surface area contributed by atoms with Crippen molar-refractivity contribution in [2.75, 3.05) is 26.8 Å². The SMILES string of the molecule is COc1ccc2cc1OCC(=O)NCc1cc(F)cc(c1)O[C@@H]1CCN(C(=O)c3c(-c4ccccc4)noc3C)C[C@@H]1NC2=O. The van der Waals surface area contributed by atoms with Crippen molar-refractivity contribution < 1.29 is 37.5 Å². The van der Waals surface area contributed by atoms with E-state index in [0.717, 1.165) is 5.56 Å². The fourth-order valence-corrected chi connectivity index (χ4v) is 5.51. The van der Waals surface area contributed by atoms with Crippen LogP contribution in [0.4, 0.5) is 4.39 Å². The highest BCUT2D eigenvalue weighted by atomic mass is 19.1. The van der Waals surface area contributed by atoms with Crippen molar-refractivity contribution in [2.24, 2.45) is 0 Å². The van der Waals surface area contributed by atoms with Crippen molar-refractivity contribution in [1.82, 2.24) is 20.7 Å². The van der Waals surface area contributed by atoms with E-state index in [1.165, 1.54) is 25.3 Å². The van der Waals surface area contributed by atoms with Crippen LogP contribution in [0, 0.1) is 12.7 Å². The summed E-state index contributed by atoms with van der Waals surface area (Å²) in [6.45, 7) is 1.78. The van der Waals surface area contributed by atoms with Crippen molar-refractivity contribution in [3.8, 4) is 28.5 Å². The number of carbonyl (C=O) groups is 3. The van der Waals surface area contributed by atoms with Crippen LogP contribution in [0.15, 0.2) is 71.3 Å².